The van der Waals surface area contributed by atoms with Gasteiger partial charge < -0.3 is 5.32 Å². The van der Waals surface area contributed by atoms with E-state index in [1.165, 1.54) is 17.5 Å². The SMILES string of the molecule is CC(C)Cc1ccccc1.CC(C)NCc1ccccc1. The summed E-state index contributed by atoms with van der Waals surface area (Å²) in [5.74, 6) is 0.766. The molecule has 0 unspecified atom stereocenters. The van der Waals surface area contributed by atoms with Crippen molar-refractivity contribution < 1.29 is 0 Å². The molecule has 0 amide bonds. The smallest absolute Gasteiger partial charge is 0.0207 e. The van der Waals surface area contributed by atoms with Gasteiger partial charge in [-0.15, -0.1) is 0 Å². The summed E-state index contributed by atoms with van der Waals surface area (Å²) in [7, 11) is 0. The number of hydrogen-bond acceptors (Lipinski definition) is 1. The summed E-state index contributed by atoms with van der Waals surface area (Å²) in [6.45, 7) is 9.77. The van der Waals surface area contributed by atoms with Crippen LogP contribution in [0.2, 0.25) is 0 Å². The lowest BCUT2D eigenvalue weighted by molar-refractivity contribution is 0.589. The van der Waals surface area contributed by atoms with Crippen LogP contribution in [-0.2, 0) is 13.0 Å². The molecular weight excluding hydrogens is 254 g/mol. The van der Waals surface area contributed by atoms with Gasteiger partial charge in [0, 0.05) is 12.6 Å². The van der Waals surface area contributed by atoms with Crippen LogP contribution < -0.4 is 5.32 Å². The molecule has 1 heteroatoms. The van der Waals surface area contributed by atoms with Crippen LogP contribution in [0.3, 0.4) is 0 Å². The van der Waals surface area contributed by atoms with Crippen molar-refractivity contribution in [2.24, 2.45) is 5.92 Å². The number of nitrogens with one attached hydrogen (secondary N) is 1. The zero-order valence-corrected chi connectivity index (χ0v) is 13.8. The van der Waals surface area contributed by atoms with Gasteiger partial charge in [-0.05, 0) is 23.5 Å². The second-order valence-corrected chi connectivity index (χ2v) is 6.10. The third-order valence-corrected chi connectivity index (χ3v) is 3.04. The molecule has 0 aliphatic rings. The molecule has 0 saturated carbocycles. The molecule has 1 nitrogen and oxygen atoms in total. The molecule has 0 bridgehead atoms. The van der Waals surface area contributed by atoms with Gasteiger partial charge in [0.15, 0.2) is 0 Å². The largest absolute Gasteiger partial charge is 0.310 e. The standard InChI is InChI=1S/C10H15N.C10H14/c1-9(2)11-8-10-6-4-3-5-7-10;1-9(2)8-10-6-4-3-5-7-10/h3-7,9,11H,8H2,1-2H3;3-7,9H,8H2,1-2H3. The number of hydrogen-bond donors (Lipinski definition) is 1. The molecule has 1 N–H and O–H groups in total. The van der Waals surface area contributed by atoms with Crippen molar-refractivity contribution in [1.82, 2.24) is 5.32 Å². The van der Waals surface area contributed by atoms with Gasteiger partial charge in [0.25, 0.3) is 0 Å². The normalized spacial score (nSPS) is 10.4. The third kappa shape index (κ3) is 9.04. The average Bonchev–Trinajstić information content (AvgIpc) is 2.47. The van der Waals surface area contributed by atoms with Crippen LogP contribution in [0.1, 0.15) is 38.8 Å². The zero-order chi connectivity index (χ0) is 15.5. The summed E-state index contributed by atoms with van der Waals surface area (Å²) in [5, 5.41) is 3.36. The maximum Gasteiger partial charge on any atom is 0.0207 e. The van der Waals surface area contributed by atoms with E-state index >= 15 is 0 Å². The first-order chi connectivity index (χ1) is 10.1. The first-order valence-electron chi connectivity index (χ1n) is 7.89. The molecule has 114 valence electrons. The Balaban J connectivity index is 0.000000211. The topological polar surface area (TPSA) is 12.0 Å². The predicted octanol–water partition coefficient (Wildman–Crippen LogP) is 5.07. The highest BCUT2D eigenvalue weighted by Gasteiger charge is 1.94. The van der Waals surface area contributed by atoms with E-state index in [4.69, 9.17) is 0 Å². The Morgan fingerprint density at radius 2 is 1.19 bits per heavy atom. The lowest BCUT2D eigenvalue weighted by Gasteiger charge is -2.06. The molecule has 0 saturated heterocycles. The van der Waals surface area contributed by atoms with Crippen LogP contribution in [0, 0.1) is 5.92 Å². The Morgan fingerprint density at radius 3 is 1.62 bits per heavy atom. The van der Waals surface area contributed by atoms with Gasteiger partial charge in [0.1, 0.15) is 0 Å². The van der Waals surface area contributed by atoms with E-state index < -0.39 is 0 Å². The monoisotopic (exact) mass is 283 g/mol. The molecule has 2 aromatic carbocycles. The van der Waals surface area contributed by atoms with Gasteiger partial charge in [-0.1, -0.05) is 88.4 Å². The fraction of sp³-hybridized carbons (Fsp3) is 0.400. The summed E-state index contributed by atoms with van der Waals surface area (Å²) in [6, 6.07) is 21.6. The molecule has 0 fully saturated rings. The van der Waals surface area contributed by atoms with Crippen LogP contribution in [0.4, 0.5) is 0 Å². The van der Waals surface area contributed by atoms with Crippen molar-refractivity contribution in [2.75, 3.05) is 0 Å². The predicted molar refractivity (Wildman–Crippen MR) is 93.4 cm³/mol. The first-order valence-corrected chi connectivity index (χ1v) is 7.89. The van der Waals surface area contributed by atoms with E-state index in [0.29, 0.717) is 6.04 Å². The van der Waals surface area contributed by atoms with Crippen molar-refractivity contribution >= 4 is 0 Å². The lowest BCUT2D eigenvalue weighted by Crippen LogP contribution is -2.21. The average molecular weight is 283 g/mol. The van der Waals surface area contributed by atoms with E-state index in [1.54, 1.807) is 0 Å². The summed E-state index contributed by atoms with van der Waals surface area (Å²) in [6.07, 6.45) is 1.20. The van der Waals surface area contributed by atoms with E-state index in [1.807, 2.05) is 6.07 Å². The van der Waals surface area contributed by atoms with E-state index in [0.717, 1.165) is 12.5 Å². The van der Waals surface area contributed by atoms with Gasteiger partial charge in [-0.25, -0.2) is 0 Å². The Hall–Kier alpha value is -1.60. The molecule has 0 aliphatic carbocycles. The molecule has 0 aromatic heterocycles. The molecule has 0 aliphatic heterocycles. The highest BCUT2D eigenvalue weighted by atomic mass is 14.9. The van der Waals surface area contributed by atoms with Crippen LogP contribution in [0.15, 0.2) is 60.7 Å². The first kappa shape index (κ1) is 17.5. The molecule has 21 heavy (non-hydrogen) atoms. The maximum absolute atomic E-state index is 3.36. The van der Waals surface area contributed by atoms with E-state index in [-0.39, 0.29) is 0 Å². The van der Waals surface area contributed by atoms with Gasteiger partial charge in [0.05, 0.1) is 0 Å². The van der Waals surface area contributed by atoms with E-state index in [9.17, 15) is 0 Å². The van der Waals surface area contributed by atoms with Crippen LogP contribution in [-0.4, -0.2) is 6.04 Å². The zero-order valence-electron chi connectivity index (χ0n) is 13.8. The minimum Gasteiger partial charge on any atom is -0.310 e. The molecule has 2 rings (SSSR count). The van der Waals surface area contributed by atoms with Crippen molar-refractivity contribution in [3.05, 3.63) is 71.8 Å². The van der Waals surface area contributed by atoms with Gasteiger partial charge in [-0.3, -0.25) is 0 Å². The second kappa shape index (κ2) is 10.2. The lowest BCUT2D eigenvalue weighted by atomic mass is 10.0. The van der Waals surface area contributed by atoms with Crippen molar-refractivity contribution in [2.45, 2.75) is 46.7 Å². The molecular formula is C20H29N. The molecule has 0 spiro atoms. The molecule has 0 atom stereocenters. The highest BCUT2D eigenvalue weighted by Crippen LogP contribution is 2.06. The quantitative estimate of drug-likeness (QED) is 0.808. The van der Waals surface area contributed by atoms with Crippen LogP contribution in [0.5, 0.6) is 0 Å². The fourth-order valence-electron chi connectivity index (χ4n) is 2.00. The Kier molecular flexibility index (Phi) is 8.45. The minimum atomic E-state index is 0.565. The summed E-state index contributed by atoms with van der Waals surface area (Å²) in [5.41, 5.74) is 2.79. The van der Waals surface area contributed by atoms with Gasteiger partial charge in [0.2, 0.25) is 0 Å². The summed E-state index contributed by atoms with van der Waals surface area (Å²) in [4.78, 5) is 0. The van der Waals surface area contributed by atoms with Crippen molar-refractivity contribution in [3.8, 4) is 0 Å². The number of benzene rings is 2. The minimum absolute atomic E-state index is 0.565. The summed E-state index contributed by atoms with van der Waals surface area (Å²) >= 11 is 0. The van der Waals surface area contributed by atoms with Crippen molar-refractivity contribution in [3.63, 3.8) is 0 Å². The van der Waals surface area contributed by atoms with Crippen molar-refractivity contribution in [1.29, 1.82) is 0 Å². The van der Waals surface area contributed by atoms with Crippen LogP contribution >= 0.6 is 0 Å². The molecule has 0 radical (unpaired) electrons. The second-order valence-electron chi connectivity index (χ2n) is 6.10. The fourth-order valence-corrected chi connectivity index (χ4v) is 2.00. The molecule has 2 aromatic rings. The number of rotatable bonds is 5. The maximum atomic E-state index is 3.36. The highest BCUT2D eigenvalue weighted by molar-refractivity contribution is 5.15. The van der Waals surface area contributed by atoms with Gasteiger partial charge in [-0.2, -0.15) is 0 Å². The van der Waals surface area contributed by atoms with Crippen LogP contribution in [0.25, 0.3) is 0 Å². The Morgan fingerprint density at radius 1 is 0.714 bits per heavy atom. The Labute approximate surface area is 130 Å². The third-order valence-electron chi connectivity index (χ3n) is 3.04. The Bertz CT molecular complexity index is 460. The van der Waals surface area contributed by atoms with Gasteiger partial charge >= 0.3 is 0 Å². The van der Waals surface area contributed by atoms with E-state index in [2.05, 4.69) is 87.6 Å². The summed E-state index contributed by atoms with van der Waals surface area (Å²) < 4.78 is 0. The molecule has 0 heterocycles.